The van der Waals surface area contributed by atoms with E-state index in [1.165, 1.54) is 0 Å². The van der Waals surface area contributed by atoms with Crippen LogP contribution in [0.25, 0.3) is 0 Å². The molecule has 2 nitrogen and oxygen atoms in total. The number of nitrogen functional groups attached to an aromatic ring is 1. The molecule has 4 heteroatoms. The van der Waals surface area contributed by atoms with Crippen molar-refractivity contribution in [3.8, 4) is 0 Å². The van der Waals surface area contributed by atoms with Crippen LogP contribution in [0, 0.1) is 19.7 Å². The molecule has 0 aliphatic heterocycles. The average Bonchev–Trinajstić information content (AvgIpc) is 2.35. The molecular weight excluding hydrogens is 263 g/mol. The Kier molecular flexibility index (Phi) is 3.96. The maximum Gasteiger partial charge on any atom is 0.129 e. The molecule has 19 heavy (non-hydrogen) atoms. The van der Waals surface area contributed by atoms with Gasteiger partial charge in [-0.3, -0.25) is 0 Å². The molecule has 0 aliphatic rings. The monoisotopic (exact) mass is 278 g/mol. The first-order chi connectivity index (χ1) is 8.99. The van der Waals surface area contributed by atoms with E-state index in [2.05, 4.69) is 5.32 Å². The number of nitrogens with one attached hydrogen (secondary N) is 1. The van der Waals surface area contributed by atoms with Gasteiger partial charge in [-0.1, -0.05) is 29.8 Å². The predicted octanol–water partition coefficient (Wildman–Crippen LogP) is 4.29. The Balaban J connectivity index is 2.19. The number of anilines is 2. The number of hydrogen-bond acceptors (Lipinski definition) is 2. The fourth-order valence-corrected chi connectivity index (χ4v) is 2.30. The van der Waals surface area contributed by atoms with Gasteiger partial charge in [0.25, 0.3) is 0 Å². The SMILES string of the molecule is Cc1cc(CNc2c(N)cccc2Cl)cc(C)c1F. The molecule has 3 N–H and O–H groups in total. The lowest BCUT2D eigenvalue weighted by Crippen LogP contribution is -2.04. The third-order valence-electron chi connectivity index (χ3n) is 3.01. The Hall–Kier alpha value is -1.74. The van der Waals surface area contributed by atoms with Gasteiger partial charge in [0.2, 0.25) is 0 Å². The zero-order valence-corrected chi connectivity index (χ0v) is 11.7. The van der Waals surface area contributed by atoms with Gasteiger partial charge in [-0.25, -0.2) is 4.39 Å². The van der Waals surface area contributed by atoms with Crippen LogP contribution in [0.4, 0.5) is 15.8 Å². The van der Waals surface area contributed by atoms with Crippen LogP contribution >= 0.6 is 11.6 Å². The lowest BCUT2D eigenvalue weighted by atomic mass is 10.1. The number of hydrogen-bond donors (Lipinski definition) is 2. The Morgan fingerprint density at radius 1 is 1.21 bits per heavy atom. The van der Waals surface area contributed by atoms with Crippen LogP contribution in [0.1, 0.15) is 16.7 Å². The summed E-state index contributed by atoms with van der Waals surface area (Å²) in [5.74, 6) is -0.152. The molecule has 0 unspecified atom stereocenters. The van der Waals surface area contributed by atoms with E-state index in [-0.39, 0.29) is 5.82 Å². The second kappa shape index (κ2) is 5.49. The van der Waals surface area contributed by atoms with Crippen molar-refractivity contribution in [1.82, 2.24) is 0 Å². The first-order valence-electron chi connectivity index (χ1n) is 6.02. The van der Waals surface area contributed by atoms with Crippen LogP contribution in [0.3, 0.4) is 0 Å². The normalized spacial score (nSPS) is 10.5. The molecule has 0 amide bonds. The van der Waals surface area contributed by atoms with Crippen molar-refractivity contribution in [2.24, 2.45) is 0 Å². The van der Waals surface area contributed by atoms with Gasteiger partial charge >= 0.3 is 0 Å². The van der Waals surface area contributed by atoms with Gasteiger partial charge in [-0.15, -0.1) is 0 Å². The zero-order valence-electron chi connectivity index (χ0n) is 10.9. The quantitative estimate of drug-likeness (QED) is 0.822. The number of aryl methyl sites for hydroxylation is 2. The average molecular weight is 279 g/mol. The number of rotatable bonds is 3. The smallest absolute Gasteiger partial charge is 0.129 e. The van der Waals surface area contributed by atoms with E-state index in [1.807, 2.05) is 12.1 Å². The van der Waals surface area contributed by atoms with Crippen LogP contribution in [-0.2, 0) is 6.54 Å². The van der Waals surface area contributed by atoms with Gasteiger partial charge < -0.3 is 11.1 Å². The summed E-state index contributed by atoms with van der Waals surface area (Å²) < 4.78 is 13.5. The zero-order chi connectivity index (χ0) is 14.0. The molecule has 0 spiro atoms. The molecule has 2 rings (SSSR count). The molecule has 0 aliphatic carbocycles. The third-order valence-corrected chi connectivity index (χ3v) is 3.33. The Labute approximate surface area is 117 Å². The summed E-state index contributed by atoms with van der Waals surface area (Å²) in [6.07, 6.45) is 0. The van der Waals surface area contributed by atoms with Crippen LogP contribution in [0.2, 0.25) is 5.02 Å². The van der Waals surface area contributed by atoms with E-state index in [9.17, 15) is 4.39 Å². The summed E-state index contributed by atoms with van der Waals surface area (Å²) >= 11 is 6.08. The van der Waals surface area contributed by atoms with E-state index >= 15 is 0 Å². The molecule has 100 valence electrons. The summed E-state index contributed by atoms with van der Waals surface area (Å²) in [4.78, 5) is 0. The Morgan fingerprint density at radius 3 is 2.42 bits per heavy atom. The van der Waals surface area contributed by atoms with E-state index in [0.717, 1.165) is 5.56 Å². The molecule has 0 aromatic heterocycles. The molecule has 2 aromatic rings. The first-order valence-corrected chi connectivity index (χ1v) is 6.40. The van der Waals surface area contributed by atoms with Gasteiger partial charge in [-0.05, 0) is 42.7 Å². The van der Waals surface area contributed by atoms with E-state index in [4.69, 9.17) is 17.3 Å². The largest absolute Gasteiger partial charge is 0.397 e. The second-order valence-corrected chi connectivity index (χ2v) is 5.01. The second-order valence-electron chi connectivity index (χ2n) is 4.60. The molecule has 0 radical (unpaired) electrons. The highest BCUT2D eigenvalue weighted by atomic mass is 35.5. The van der Waals surface area contributed by atoms with Gasteiger partial charge in [0, 0.05) is 6.54 Å². The molecule has 0 saturated heterocycles. The van der Waals surface area contributed by atoms with Gasteiger partial charge in [0.15, 0.2) is 0 Å². The van der Waals surface area contributed by atoms with E-state index < -0.39 is 0 Å². The molecule has 0 atom stereocenters. The highest BCUT2D eigenvalue weighted by Gasteiger charge is 2.07. The van der Waals surface area contributed by atoms with Crippen molar-refractivity contribution < 1.29 is 4.39 Å². The molecule has 0 bridgehead atoms. The van der Waals surface area contributed by atoms with Crippen molar-refractivity contribution in [3.05, 3.63) is 57.9 Å². The van der Waals surface area contributed by atoms with Gasteiger partial charge in [-0.2, -0.15) is 0 Å². The maximum absolute atomic E-state index is 13.5. The van der Waals surface area contributed by atoms with E-state index in [0.29, 0.717) is 34.1 Å². The fourth-order valence-electron chi connectivity index (χ4n) is 2.06. The van der Waals surface area contributed by atoms with Gasteiger partial charge in [0.05, 0.1) is 16.4 Å². The highest BCUT2D eigenvalue weighted by molar-refractivity contribution is 6.33. The lowest BCUT2D eigenvalue weighted by Gasteiger charge is -2.12. The summed E-state index contributed by atoms with van der Waals surface area (Å²) in [6.45, 7) is 4.07. The fraction of sp³-hybridized carbons (Fsp3) is 0.200. The van der Waals surface area contributed by atoms with Crippen molar-refractivity contribution in [2.45, 2.75) is 20.4 Å². The van der Waals surface area contributed by atoms with Gasteiger partial charge in [0.1, 0.15) is 5.82 Å². The number of para-hydroxylation sites is 1. The summed E-state index contributed by atoms with van der Waals surface area (Å²) in [5.41, 5.74) is 9.46. The topological polar surface area (TPSA) is 38.0 Å². The summed E-state index contributed by atoms with van der Waals surface area (Å²) in [7, 11) is 0. The number of halogens is 2. The third kappa shape index (κ3) is 2.99. The molecule has 2 aromatic carbocycles. The maximum atomic E-state index is 13.5. The first kappa shape index (κ1) is 13.7. The number of benzene rings is 2. The molecular formula is C15H16ClFN2. The van der Waals surface area contributed by atoms with Crippen molar-refractivity contribution in [3.63, 3.8) is 0 Å². The molecule has 0 fully saturated rings. The van der Waals surface area contributed by atoms with Crippen LogP contribution in [-0.4, -0.2) is 0 Å². The minimum atomic E-state index is -0.152. The summed E-state index contributed by atoms with van der Waals surface area (Å²) in [5, 5.41) is 3.77. The van der Waals surface area contributed by atoms with Crippen molar-refractivity contribution in [2.75, 3.05) is 11.1 Å². The van der Waals surface area contributed by atoms with Crippen LogP contribution < -0.4 is 11.1 Å². The van der Waals surface area contributed by atoms with E-state index in [1.54, 1.807) is 32.0 Å². The van der Waals surface area contributed by atoms with Crippen LogP contribution in [0.5, 0.6) is 0 Å². The van der Waals surface area contributed by atoms with Crippen molar-refractivity contribution >= 4 is 23.0 Å². The highest BCUT2D eigenvalue weighted by Crippen LogP contribution is 2.28. The molecule has 0 saturated carbocycles. The van der Waals surface area contributed by atoms with Crippen molar-refractivity contribution in [1.29, 1.82) is 0 Å². The minimum absolute atomic E-state index is 0.152. The van der Waals surface area contributed by atoms with Crippen LogP contribution in [0.15, 0.2) is 30.3 Å². The lowest BCUT2D eigenvalue weighted by molar-refractivity contribution is 0.608. The standard InChI is InChI=1S/C15H16ClFN2/c1-9-6-11(7-10(2)14(9)17)8-19-15-12(16)4-3-5-13(15)18/h3-7,19H,8,18H2,1-2H3. The predicted molar refractivity (Wildman–Crippen MR) is 79.1 cm³/mol. The number of nitrogens with two attached hydrogens (primary N) is 1. The minimum Gasteiger partial charge on any atom is -0.397 e. The molecule has 0 heterocycles. The Bertz CT molecular complexity index is 568. The summed E-state index contributed by atoms with van der Waals surface area (Å²) in [6, 6.07) is 9.01. The Morgan fingerprint density at radius 2 is 1.84 bits per heavy atom.